The van der Waals surface area contributed by atoms with Crippen LogP contribution in [0, 0.1) is 24.2 Å². The molecule has 1 aliphatic carbocycles. The lowest BCUT2D eigenvalue weighted by Gasteiger charge is -2.39. The van der Waals surface area contributed by atoms with E-state index in [4.69, 9.17) is 0 Å². The van der Waals surface area contributed by atoms with Crippen LogP contribution in [0.2, 0.25) is 0 Å². The number of carboxylic acid groups (broad SMARTS) is 1. The van der Waals surface area contributed by atoms with Crippen LogP contribution in [0.3, 0.4) is 0 Å². The first-order valence-electron chi connectivity index (χ1n) is 13.5. The number of halogens is 2. The van der Waals surface area contributed by atoms with Gasteiger partial charge in [-0.05, 0) is 108 Å². The third-order valence-corrected chi connectivity index (χ3v) is 7.98. The number of fused-ring (bicyclic) bond motifs is 1. The predicted molar refractivity (Wildman–Crippen MR) is 156 cm³/mol. The van der Waals surface area contributed by atoms with Crippen molar-refractivity contribution in [3.05, 3.63) is 105 Å². The summed E-state index contributed by atoms with van der Waals surface area (Å²) < 4.78 is 12.4. The van der Waals surface area contributed by atoms with Gasteiger partial charge in [0.2, 0.25) is 0 Å². The van der Waals surface area contributed by atoms with Crippen molar-refractivity contribution in [1.29, 1.82) is 5.26 Å². The average Bonchev–Trinajstić information content (AvgIpc) is 3.09. The Bertz CT molecular complexity index is 1420. The van der Waals surface area contributed by atoms with E-state index in [1.807, 2.05) is 31.2 Å². The first-order chi connectivity index (χ1) is 18.5. The molecule has 5 rings (SSSR count). The van der Waals surface area contributed by atoms with E-state index in [0.717, 1.165) is 78.7 Å². The van der Waals surface area contributed by atoms with E-state index in [1.165, 1.54) is 11.1 Å². The van der Waals surface area contributed by atoms with Crippen LogP contribution in [-0.4, -0.2) is 42.3 Å². The standard InChI is InChI=1S/C33H33FN2O2.ClH/c1-22-28(19-35)6-3-7-29(22)31-8-2-5-26-18-27(33(37)38)13-14-30(26)32(31)25-11-9-23(10-12-25)17-24-20-36(21-24)16-4-15-34;/h3,6-7,9-14,18,24H,2,4-5,8,15-17,20-21H2,1H3,(H,37,38);1H. The van der Waals surface area contributed by atoms with Crippen LogP contribution in [0.1, 0.15) is 68.6 Å². The van der Waals surface area contributed by atoms with Gasteiger partial charge in [0.25, 0.3) is 0 Å². The fraction of sp³-hybridized carbons (Fsp3) is 0.333. The van der Waals surface area contributed by atoms with Gasteiger partial charge in [0.1, 0.15) is 0 Å². The molecule has 39 heavy (non-hydrogen) atoms. The summed E-state index contributed by atoms with van der Waals surface area (Å²) in [5, 5.41) is 19.3. The molecule has 4 nitrogen and oxygen atoms in total. The van der Waals surface area contributed by atoms with E-state index in [-0.39, 0.29) is 19.1 Å². The second kappa shape index (κ2) is 12.6. The summed E-state index contributed by atoms with van der Waals surface area (Å²) in [5.41, 5.74) is 9.90. The van der Waals surface area contributed by atoms with E-state index in [9.17, 15) is 19.6 Å². The summed E-state index contributed by atoms with van der Waals surface area (Å²) in [6.45, 7) is 4.67. The minimum atomic E-state index is -0.913. The molecule has 0 bridgehead atoms. The monoisotopic (exact) mass is 544 g/mol. The number of hydrogen-bond acceptors (Lipinski definition) is 3. The number of carboxylic acids is 1. The van der Waals surface area contributed by atoms with Gasteiger partial charge in [-0.15, -0.1) is 12.4 Å². The highest BCUT2D eigenvalue weighted by Gasteiger charge is 2.26. The maximum Gasteiger partial charge on any atom is 0.335 e. The molecule has 0 amide bonds. The Hall–Kier alpha value is -3.46. The molecule has 1 fully saturated rings. The van der Waals surface area contributed by atoms with Crippen LogP contribution in [0.4, 0.5) is 4.39 Å². The third kappa shape index (κ3) is 6.08. The number of nitriles is 1. The number of aryl methyl sites for hydroxylation is 1. The van der Waals surface area contributed by atoms with Crippen molar-refractivity contribution < 1.29 is 14.3 Å². The number of benzene rings is 3. The molecule has 0 spiro atoms. The summed E-state index contributed by atoms with van der Waals surface area (Å²) in [5.74, 6) is -0.302. The Morgan fingerprint density at radius 3 is 2.54 bits per heavy atom. The summed E-state index contributed by atoms with van der Waals surface area (Å²) in [4.78, 5) is 14.0. The van der Waals surface area contributed by atoms with Crippen LogP contribution >= 0.6 is 12.4 Å². The van der Waals surface area contributed by atoms with Gasteiger partial charge in [0.15, 0.2) is 0 Å². The number of aromatic carboxylic acids is 1. The molecular formula is C33H34ClFN2O2. The second-order valence-corrected chi connectivity index (χ2v) is 10.5. The molecule has 3 aromatic carbocycles. The van der Waals surface area contributed by atoms with Crippen molar-refractivity contribution in [1.82, 2.24) is 4.90 Å². The molecule has 202 valence electrons. The largest absolute Gasteiger partial charge is 0.478 e. The molecule has 1 heterocycles. The van der Waals surface area contributed by atoms with Crippen LogP contribution in [0.15, 0.2) is 60.7 Å². The van der Waals surface area contributed by atoms with Crippen LogP contribution in [0.25, 0.3) is 11.1 Å². The quantitative estimate of drug-likeness (QED) is 0.328. The highest BCUT2D eigenvalue weighted by Crippen LogP contribution is 2.41. The average molecular weight is 545 g/mol. The number of hydrogen-bond donors (Lipinski definition) is 1. The molecule has 0 aromatic heterocycles. The Morgan fingerprint density at radius 2 is 1.85 bits per heavy atom. The summed E-state index contributed by atoms with van der Waals surface area (Å²) in [6, 6.07) is 22.5. The summed E-state index contributed by atoms with van der Waals surface area (Å²) in [6.07, 6.45) is 4.19. The number of likely N-dealkylation sites (tertiary alicyclic amines) is 1. The van der Waals surface area contributed by atoms with Gasteiger partial charge in [0.05, 0.1) is 23.9 Å². The third-order valence-electron chi connectivity index (χ3n) is 7.98. The van der Waals surface area contributed by atoms with E-state index in [1.54, 1.807) is 6.07 Å². The van der Waals surface area contributed by atoms with Gasteiger partial charge in [0, 0.05) is 19.6 Å². The van der Waals surface area contributed by atoms with Crippen molar-refractivity contribution in [3.8, 4) is 6.07 Å². The molecule has 3 aromatic rings. The van der Waals surface area contributed by atoms with Crippen LogP contribution < -0.4 is 0 Å². The van der Waals surface area contributed by atoms with Gasteiger partial charge < -0.3 is 10.0 Å². The van der Waals surface area contributed by atoms with Gasteiger partial charge in [-0.25, -0.2) is 4.79 Å². The summed E-state index contributed by atoms with van der Waals surface area (Å²) in [7, 11) is 0. The van der Waals surface area contributed by atoms with Gasteiger partial charge >= 0.3 is 5.97 Å². The van der Waals surface area contributed by atoms with Gasteiger partial charge in [-0.2, -0.15) is 5.26 Å². The SMILES string of the molecule is Cc1c(C#N)cccc1C1=C(c2ccc(CC3CN(CCCF)C3)cc2)c2ccc(C(=O)O)cc2CCC1.Cl. The van der Waals surface area contributed by atoms with E-state index in [0.29, 0.717) is 23.5 Å². The first kappa shape index (κ1) is 28.5. The van der Waals surface area contributed by atoms with Crippen molar-refractivity contribution in [2.24, 2.45) is 5.92 Å². The molecule has 1 N–H and O–H groups in total. The fourth-order valence-corrected chi connectivity index (χ4v) is 6.02. The smallest absolute Gasteiger partial charge is 0.335 e. The fourth-order valence-electron chi connectivity index (χ4n) is 6.02. The van der Waals surface area contributed by atoms with Crippen molar-refractivity contribution in [3.63, 3.8) is 0 Å². The highest BCUT2D eigenvalue weighted by molar-refractivity contribution is 6.01. The van der Waals surface area contributed by atoms with Gasteiger partial charge in [-0.3, -0.25) is 4.39 Å². The Labute approximate surface area is 236 Å². The Morgan fingerprint density at radius 1 is 1.08 bits per heavy atom. The zero-order chi connectivity index (χ0) is 26.6. The molecule has 2 aliphatic rings. The zero-order valence-corrected chi connectivity index (χ0v) is 23.1. The van der Waals surface area contributed by atoms with Crippen molar-refractivity contribution in [2.75, 3.05) is 26.3 Å². The molecule has 1 saturated heterocycles. The lowest BCUT2D eigenvalue weighted by molar-refractivity contribution is 0.0696. The lowest BCUT2D eigenvalue weighted by atomic mass is 9.84. The Balaban J connectivity index is 0.00000353. The molecular weight excluding hydrogens is 511 g/mol. The maximum absolute atomic E-state index is 12.4. The molecule has 0 saturated carbocycles. The number of carbonyl (C=O) groups is 1. The number of rotatable bonds is 8. The minimum Gasteiger partial charge on any atom is -0.478 e. The van der Waals surface area contributed by atoms with Crippen LogP contribution in [0.5, 0.6) is 0 Å². The van der Waals surface area contributed by atoms with E-state index < -0.39 is 5.97 Å². The lowest BCUT2D eigenvalue weighted by Crippen LogP contribution is -2.47. The van der Waals surface area contributed by atoms with E-state index >= 15 is 0 Å². The van der Waals surface area contributed by atoms with Crippen molar-refractivity contribution in [2.45, 2.75) is 39.0 Å². The van der Waals surface area contributed by atoms with Crippen LogP contribution in [-0.2, 0) is 12.8 Å². The molecule has 6 heteroatoms. The van der Waals surface area contributed by atoms with Crippen molar-refractivity contribution >= 4 is 29.5 Å². The molecule has 0 atom stereocenters. The Kier molecular flexibility index (Phi) is 9.22. The number of alkyl halides is 1. The highest BCUT2D eigenvalue weighted by atomic mass is 35.5. The second-order valence-electron chi connectivity index (χ2n) is 10.5. The molecule has 1 aliphatic heterocycles. The topological polar surface area (TPSA) is 64.3 Å². The predicted octanol–water partition coefficient (Wildman–Crippen LogP) is 7.12. The minimum absolute atomic E-state index is 0. The molecule has 0 unspecified atom stereocenters. The first-order valence-corrected chi connectivity index (χ1v) is 13.5. The van der Waals surface area contributed by atoms with E-state index in [2.05, 4.69) is 41.3 Å². The van der Waals surface area contributed by atoms with Gasteiger partial charge in [-0.1, -0.05) is 42.5 Å². The number of allylic oxidation sites excluding steroid dienone is 1. The number of nitrogens with zero attached hydrogens (tertiary/aromatic N) is 2. The summed E-state index contributed by atoms with van der Waals surface area (Å²) >= 11 is 0. The zero-order valence-electron chi connectivity index (χ0n) is 22.3. The normalized spacial score (nSPS) is 15.5. The maximum atomic E-state index is 12.4. The molecule has 0 radical (unpaired) electrons.